The smallest absolute Gasteiger partial charge is 0.238 e. The molecule has 0 aliphatic carbocycles. The number of nitrogens with two attached hydrogens (primary N) is 1. The fourth-order valence-electron chi connectivity index (χ4n) is 1.64. The van der Waals surface area contributed by atoms with E-state index in [9.17, 15) is 13.2 Å². The fourth-order valence-corrected chi connectivity index (χ4v) is 2.81. The molecule has 0 saturated heterocycles. The van der Waals surface area contributed by atoms with E-state index in [1.807, 2.05) is 0 Å². The van der Waals surface area contributed by atoms with Crippen molar-refractivity contribution >= 4 is 37.5 Å². The molecule has 1 amide bonds. The standard InChI is InChI=1S/C13H12BrN3O3S/c14-11-8-10(21(15,19)20)4-5-12(11)17-13(18)7-9-3-1-2-6-16-9/h1-6,8H,7H2,(H,17,18)(H2,15,19,20). The molecule has 1 aromatic carbocycles. The van der Waals surface area contributed by atoms with Gasteiger partial charge in [-0.2, -0.15) is 0 Å². The molecule has 0 spiro atoms. The SMILES string of the molecule is NS(=O)(=O)c1ccc(NC(=O)Cc2ccccn2)c(Br)c1. The number of benzene rings is 1. The summed E-state index contributed by atoms with van der Waals surface area (Å²) in [5, 5.41) is 7.71. The van der Waals surface area contributed by atoms with Crippen LogP contribution in [-0.4, -0.2) is 19.3 Å². The number of anilines is 1. The molecule has 21 heavy (non-hydrogen) atoms. The number of pyridine rings is 1. The summed E-state index contributed by atoms with van der Waals surface area (Å²) in [6.07, 6.45) is 1.74. The van der Waals surface area contributed by atoms with Crippen molar-refractivity contribution in [3.63, 3.8) is 0 Å². The lowest BCUT2D eigenvalue weighted by molar-refractivity contribution is -0.115. The van der Waals surface area contributed by atoms with E-state index in [4.69, 9.17) is 5.14 Å². The van der Waals surface area contributed by atoms with Crippen LogP contribution in [0.3, 0.4) is 0 Å². The number of nitrogens with zero attached hydrogens (tertiary/aromatic N) is 1. The molecule has 0 aliphatic heterocycles. The van der Waals surface area contributed by atoms with Crippen molar-refractivity contribution in [1.29, 1.82) is 0 Å². The van der Waals surface area contributed by atoms with Gasteiger partial charge in [0.25, 0.3) is 0 Å². The minimum Gasteiger partial charge on any atom is -0.325 e. The van der Waals surface area contributed by atoms with Gasteiger partial charge in [-0.15, -0.1) is 0 Å². The summed E-state index contributed by atoms with van der Waals surface area (Å²) in [4.78, 5) is 15.9. The van der Waals surface area contributed by atoms with Gasteiger partial charge in [-0.25, -0.2) is 13.6 Å². The second-order valence-corrected chi connectivity index (χ2v) is 6.65. The maximum atomic E-state index is 11.9. The van der Waals surface area contributed by atoms with Crippen molar-refractivity contribution in [2.75, 3.05) is 5.32 Å². The van der Waals surface area contributed by atoms with Crippen molar-refractivity contribution in [2.24, 2.45) is 5.14 Å². The first-order chi connectivity index (χ1) is 9.86. The van der Waals surface area contributed by atoms with E-state index in [1.54, 1.807) is 24.4 Å². The van der Waals surface area contributed by atoms with E-state index >= 15 is 0 Å². The molecule has 6 nitrogen and oxygen atoms in total. The van der Waals surface area contributed by atoms with Crippen molar-refractivity contribution < 1.29 is 13.2 Å². The lowest BCUT2D eigenvalue weighted by Crippen LogP contribution is -2.16. The second-order valence-electron chi connectivity index (χ2n) is 4.23. The molecule has 0 saturated carbocycles. The second kappa shape index (κ2) is 6.33. The summed E-state index contributed by atoms with van der Waals surface area (Å²) < 4.78 is 22.9. The zero-order valence-electron chi connectivity index (χ0n) is 10.8. The molecule has 0 unspecified atom stereocenters. The Morgan fingerprint density at radius 3 is 2.62 bits per heavy atom. The van der Waals surface area contributed by atoms with E-state index in [0.29, 0.717) is 15.9 Å². The van der Waals surface area contributed by atoms with Crippen LogP contribution in [0.1, 0.15) is 5.69 Å². The zero-order chi connectivity index (χ0) is 15.5. The van der Waals surface area contributed by atoms with Crippen LogP contribution < -0.4 is 10.5 Å². The summed E-state index contributed by atoms with van der Waals surface area (Å²) in [7, 11) is -3.77. The number of carbonyl (C=O) groups is 1. The number of primary sulfonamides is 1. The summed E-state index contributed by atoms with van der Waals surface area (Å²) in [5.41, 5.74) is 1.11. The van der Waals surface area contributed by atoms with Gasteiger partial charge >= 0.3 is 0 Å². The van der Waals surface area contributed by atoms with Crippen LogP contribution in [0.5, 0.6) is 0 Å². The van der Waals surface area contributed by atoms with Crippen LogP contribution in [0.15, 0.2) is 52.0 Å². The average molecular weight is 370 g/mol. The molecule has 0 fully saturated rings. The number of rotatable bonds is 4. The number of sulfonamides is 1. The maximum Gasteiger partial charge on any atom is 0.238 e. The highest BCUT2D eigenvalue weighted by atomic mass is 79.9. The molecule has 3 N–H and O–H groups in total. The molecule has 0 radical (unpaired) electrons. The third-order valence-corrected chi connectivity index (χ3v) is 4.18. The number of amides is 1. The lowest BCUT2D eigenvalue weighted by atomic mass is 10.2. The quantitative estimate of drug-likeness (QED) is 0.855. The van der Waals surface area contributed by atoms with E-state index in [1.165, 1.54) is 18.2 Å². The first kappa shape index (κ1) is 15.6. The average Bonchev–Trinajstić information content (AvgIpc) is 2.41. The van der Waals surface area contributed by atoms with E-state index < -0.39 is 10.0 Å². The monoisotopic (exact) mass is 369 g/mol. The highest BCUT2D eigenvalue weighted by molar-refractivity contribution is 9.10. The summed E-state index contributed by atoms with van der Waals surface area (Å²) in [6.45, 7) is 0. The van der Waals surface area contributed by atoms with Gasteiger partial charge in [-0.3, -0.25) is 9.78 Å². The molecule has 2 aromatic rings. The maximum absolute atomic E-state index is 11.9. The van der Waals surface area contributed by atoms with Gasteiger partial charge in [0.05, 0.1) is 17.0 Å². The van der Waals surface area contributed by atoms with Crippen molar-refractivity contribution in [1.82, 2.24) is 4.98 Å². The van der Waals surface area contributed by atoms with Crippen molar-refractivity contribution in [3.8, 4) is 0 Å². The Morgan fingerprint density at radius 1 is 1.29 bits per heavy atom. The minimum atomic E-state index is -3.77. The van der Waals surface area contributed by atoms with Crippen LogP contribution in [0, 0.1) is 0 Å². The molecule has 110 valence electrons. The molecule has 1 heterocycles. The van der Waals surface area contributed by atoms with Crippen molar-refractivity contribution in [3.05, 3.63) is 52.8 Å². The summed E-state index contributed by atoms with van der Waals surface area (Å²) in [5.74, 6) is -0.252. The number of carbonyl (C=O) groups excluding carboxylic acids is 1. The van der Waals surface area contributed by atoms with Gasteiger partial charge in [-0.1, -0.05) is 6.07 Å². The molecule has 2 rings (SSSR count). The highest BCUT2D eigenvalue weighted by Gasteiger charge is 2.12. The summed E-state index contributed by atoms with van der Waals surface area (Å²) in [6, 6.07) is 9.46. The number of halogens is 1. The third kappa shape index (κ3) is 4.35. The van der Waals surface area contributed by atoms with Crippen LogP contribution >= 0.6 is 15.9 Å². The van der Waals surface area contributed by atoms with Gasteiger partial charge < -0.3 is 5.32 Å². The Kier molecular flexibility index (Phi) is 4.71. The third-order valence-electron chi connectivity index (χ3n) is 2.61. The van der Waals surface area contributed by atoms with Gasteiger partial charge in [0.1, 0.15) is 0 Å². The van der Waals surface area contributed by atoms with Gasteiger partial charge in [-0.05, 0) is 46.3 Å². The molecule has 8 heteroatoms. The van der Waals surface area contributed by atoms with Crippen LogP contribution in [-0.2, 0) is 21.2 Å². The van der Waals surface area contributed by atoms with Gasteiger partial charge in [0.2, 0.25) is 15.9 Å². The number of nitrogens with one attached hydrogen (secondary N) is 1. The number of aromatic nitrogens is 1. The summed E-state index contributed by atoms with van der Waals surface area (Å²) >= 11 is 3.20. The molecule has 0 aliphatic rings. The van der Waals surface area contributed by atoms with E-state index in [2.05, 4.69) is 26.2 Å². The Balaban J connectivity index is 2.11. The van der Waals surface area contributed by atoms with E-state index in [-0.39, 0.29) is 17.2 Å². The predicted molar refractivity (Wildman–Crippen MR) is 82.1 cm³/mol. The number of hydrogen-bond acceptors (Lipinski definition) is 4. The minimum absolute atomic E-state index is 0.0305. The topological polar surface area (TPSA) is 102 Å². The zero-order valence-corrected chi connectivity index (χ0v) is 13.2. The van der Waals surface area contributed by atoms with Crippen LogP contribution in [0.4, 0.5) is 5.69 Å². The predicted octanol–water partition coefficient (Wildman–Crippen LogP) is 1.67. The molecule has 0 bridgehead atoms. The first-order valence-corrected chi connectivity index (χ1v) is 8.22. The Morgan fingerprint density at radius 2 is 2.05 bits per heavy atom. The molecule has 1 aromatic heterocycles. The van der Waals surface area contributed by atoms with Gasteiger partial charge in [0, 0.05) is 16.4 Å². The lowest BCUT2D eigenvalue weighted by Gasteiger charge is -2.08. The Labute approximate surface area is 130 Å². The Bertz CT molecular complexity index is 763. The van der Waals surface area contributed by atoms with E-state index in [0.717, 1.165) is 0 Å². The normalized spacial score (nSPS) is 11.1. The first-order valence-electron chi connectivity index (χ1n) is 5.88. The largest absolute Gasteiger partial charge is 0.325 e. The molecule has 0 atom stereocenters. The molecular formula is C13H12BrN3O3S. The fraction of sp³-hybridized carbons (Fsp3) is 0.0769. The Hall–Kier alpha value is -1.77. The highest BCUT2D eigenvalue weighted by Crippen LogP contribution is 2.25. The molecular weight excluding hydrogens is 358 g/mol. The number of hydrogen-bond donors (Lipinski definition) is 2. The van der Waals surface area contributed by atoms with Crippen molar-refractivity contribution in [2.45, 2.75) is 11.3 Å². The van der Waals surface area contributed by atoms with Crippen LogP contribution in [0.25, 0.3) is 0 Å². The van der Waals surface area contributed by atoms with Gasteiger partial charge in [0.15, 0.2) is 0 Å². The van der Waals surface area contributed by atoms with Crippen LogP contribution in [0.2, 0.25) is 0 Å².